The predicted octanol–water partition coefficient (Wildman–Crippen LogP) is -0.544. The van der Waals surface area contributed by atoms with Crippen LogP contribution in [0.1, 0.15) is 0 Å². The summed E-state index contributed by atoms with van der Waals surface area (Å²) in [6.07, 6.45) is 2.57. The maximum atomic E-state index is 11.5. The SMILES string of the molecule is CS(=O)(=O)N1CCN(c2nc[nH]c(=O)c2I)CC1. The van der Waals surface area contributed by atoms with Crippen molar-refractivity contribution in [1.82, 2.24) is 14.3 Å². The number of sulfonamides is 1. The third kappa shape index (κ3) is 2.83. The van der Waals surface area contributed by atoms with E-state index in [1.807, 2.05) is 27.5 Å². The van der Waals surface area contributed by atoms with E-state index in [-0.39, 0.29) is 5.56 Å². The normalized spacial score (nSPS) is 18.0. The van der Waals surface area contributed by atoms with E-state index >= 15 is 0 Å². The summed E-state index contributed by atoms with van der Waals surface area (Å²) in [5, 5.41) is 0. The van der Waals surface area contributed by atoms with Crippen LogP contribution >= 0.6 is 22.6 Å². The van der Waals surface area contributed by atoms with Gasteiger partial charge in [0.25, 0.3) is 5.56 Å². The van der Waals surface area contributed by atoms with Gasteiger partial charge in [-0.1, -0.05) is 0 Å². The Hall–Kier alpha value is -0.680. The van der Waals surface area contributed by atoms with E-state index in [0.717, 1.165) is 0 Å². The quantitative estimate of drug-likeness (QED) is 0.692. The van der Waals surface area contributed by atoms with Crippen molar-refractivity contribution in [2.45, 2.75) is 0 Å². The lowest BCUT2D eigenvalue weighted by molar-refractivity contribution is 0.386. The molecular formula is C9H13IN4O3S. The molecule has 0 aromatic carbocycles. The molecule has 0 unspecified atom stereocenters. The van der Waals surface area contributed by atoms with Gasteiger partial charge in [-0.05, 0) is 22.6 Å². The molecule has 0 atom stereocenters. The molecule has 1 saturated heterocycles. The van der Waals surface area contributed by atoms with Gasteiger partial charge in [-0.25, -0.2) is 13.4 Å². The molecule has 2 rings (SSSR count). The summed E-state index contributed by atoms with van der Waals surface area (Å²) in [6, 6.07) is 0. The molecule has 7 nitrogen and oxygen atoms in total. The second kappa shape index (κ2) is 5.13. The van der Waals surface area contributed by atoms with Crippen molar-refractivity contribution in [2.24, 2.45) is 0 Å². The van der Waals surface area contributed by atoms with Gasteiger partial charge in [-0.15, -0.1) is 0 Å². The number of nitrogens with one attached hydrogen (secondary N) is 1. The molecule has 18 heavy (non-hydrogen) atoms. The Kier molecular flexibility index (Phi) is 3.92. The lowest BCUT2D eigenvalue weighted by Crippen LogP contribution is -2.49. The molecule has 2 heterocycles. The van der Waals surface area contributed by atoms with Gasteiger partial charge < -0.3 is 9.88 Å². The van der Waals surface area contributed by atoms with Crippen LogP contribution in [0.15, 0.2) is 11.1 Å². The van der Waals surface area contributed by atoms with Crippen LogP contribution in [-0.4, -0.2) is 55.1 Å². The standard InChI is InChI=1S/C9H13IN4O3S/c1-18(16,17)14-4-2-13(3-5-14)8-7(10)9(15)12-6-11-8/h6H,2-5H2,1H3,(H,11,12,15). The molecule has 0 radical (unpaired) electrons. The summed E-state index contributed by atoms with van der Waals surface area (Å²) in [5.74, 6) is 0.618. The molecule has 0 spiro atoms. The van der Waals surface area contributed by atoms with Crippen LogP contribution in [0, 0.1) is 3.57 Å². The molecule has 0 saturated carbocycles. The second-order valence-corrected chi connectivity index (χ2v) is 7.08. The van der Waals surface area contributed by atoms with Crippen molar-refractivity contribution in [3.63, 3.8) is 0 Å². The highest BCUT2D eigenvalue weighted by Crippen LogP contribution is 2.17. The number of aromatic nitrogens is 2. The van der Waals surface area contributed by atoms with E-state index in [9.17, 15) is 13.2 Å². The van der Waals surface area contributed by atoms with Crippen molar-refractivity contribution in [3.05, 3.63) is 20.3 Å². The average Bonchev–Trinajstić information content (AvgIpc) is 2.32. The van der Waals surface area contributed by atoms with Gasteiger partial charge in [0, 0.05) is 26.2 Å². The van der Waals surface area contributed by atoms with Gasteiger partial charge in [0.2, 0.25) is 10.0 Å². The number of halogens is 1. The van der Waals surface area contributed by atoms with E-state index in [1.165, 1.54) is 16.9 Å². The minimum atomic E-state index is -3.13. The van der Waals surface area contributed by atoms with Gasteiger partial charge >= 0.3 is 0 Å². The zero-order chi connectivity index (χ0) is 13.3. The Morgan fingerprint density at radius 1 is 1.33 bits per heavy atom. The van der Waals surface area contributed by atoms with Gasteiger partial charge in [-0.3, -0.25) is 4.79 Å². The van der Waals surface area contributed by atoms with Crippen LogP contribution in [0.4, 0.5) is 5.82 Å². The zero-order valence-electron chi connectivity index (χ0n) is 9.76. The van der Waals surface area contributed by atoms with Crippen molar-refractivity contribution in [3.8, 4) is 0 Å². The van der Waals surface area contributed by atoms with E-state index in [1.54, 1.807) is 0 Å². The molecular weight excluding hydrogens is 371 g/mol. The first-order valence-corrected chi connectivity index (χ1v) is 8.25. The summed E-state index contributed by atoms with van der Waals surface area (Å²) >= 11 is 1.95. The maximum absolute atomic E-state index is 11.5. The first-order chi connectivity index (χ1) is 8.39. The fourth-order valence-corrected chi connectivity index (χ4v) is 3.29. The van der Waals surface area contributed by atoms with E-state index in [4.69, 9.17) is 0 Å². The van der Waals surface area contributed by atoms with Crippen LogP contribution in [-0.2, 0) is 10.0 Å². The van der Waals surface area contributed by atoms with E-state index in [0.29, 0.717) is 35.6 Å². The van der Waals surface area contributed by atoms with Crippen molar-refractivity contribution >= 4 is 38.4 Å². The van der Waals surface area contributed by atoms with Crippen LogP contribution < -0.4 is 10.5 Å². The molecule has 0 bridgehead atoms. The molecule has 0 aliphatic carbocycles. The minimum Gasteiger partial charge on any atom is -0.353 e. The molecule has 9 heteroatoms. The zero-order valence-corrected chi connectivity index (χ0v) is 12.7. The number of piperazine rings is 1. The molecule has 1 fully saturated rings. The van der Waals surface area contributed by atoms with E-state index < -0.39 is 10.0 Å². The lowest BCUT2D eigenvalue weighted by atomic mass is 10.3. The minimum absolute atomic E-state index is 0.175. The molecule has 100 valence electrons. The molecule has 1 N–H and O–H groups in total. The topological polar surface area (TPSA) is 86.4 Å². The monoisotopic (exact) mass is 384 g/mol. The summed E-state index contributed by atoms with van der Waals surface area (Å²) in [4.78, 5) is 20.0. The molecule has 1 aromatic heterocycles. The molecule has 1 aromatic rings. The maximum Gasteiger partial charge on any atom is 0.266 e. The summed E-state index contributed by atoms with van der Waals surface area (Å²) in [7, 11) is -3.13. The number of H-pyrrole nitrogens is 1. The Balaban J connectivity index is 2.15. The third-order valence-corrected chi connectivity index (χ3v) is 5.06. The van der Waals surface area contributed by atoms with Crippen LogP contribution in [0.2, 0.25) is 0 Å². The highest BCUT2D eigenvalue weighted by molar-refractivity contribution is 14.1. The molecule has 1 aliphatic rings. The van der Waals surface area contributed by atoms with Gasteiger partial charge in [0.05, 0.1) is 12.6 Å². The van der Waals surface area contributed by atoms with Crippen molar-refractivity contribution < 1.29 is 8.42 Å². The summed E-state index contributed by atoms with van der Waals surface area (Å²) in [6.45, 7) is 1.92. The first kappa shape index (κ1) is 13.7. The summed E-state index contributed by atoms with van der Waals surface area (Å²) < 4.78 is 24.7. The smallest absolute Gasteiger partial charge is 0.266 e. The van der Waals surface area contributed by atoms with Crippen LogP contribution in [0.3, 0.4) is 0 Å². The fourth-order valence-electron chi connectivity index (χ4n) is 1.83. The van der Waals surface area contributed by atoms with Crippen LogP contribution in [0.25, 0.3) is 0 Å². The highest BCUT2D eigenvalue weighted by Gasteiger charge is 2.25. The number of hydrogen-bond acceptors (Lipinski definition) is 5. The van der Waals surface area contributed by atoms with Gasteiger partial charge in [-0.2, -0.15) is 4.31 Å². The van der Waals surface area contributed by atoms with Crippen molar-refractivity contribution in [1.29, 1.82) is 0 Å². The van der Waals surface area contributed by atoms with Crippen molar-refractivity contribution in [2.75, 3.05) is 37.3 Å². The largest absolute Gasteiger partial charge is 0.353 e. The average molecular weight is 384 g/mol. The fraction of sp³-hybridized carbons (Fsp3) is 0.556. The Morgan fingerprint density at radius 2 is 1.94 bits per heavy atom. The van der Waals surface area contributed by atoms with Crippen LogP contribution in [0.5, 0.6) is 0 Å². The van der Waals surface area contributed by atoms with Gasteiger partial charge in [0.1, 0.15) is 9.39 Å². The van der Waals surface area contributed by atoms with E-state index in [2.05, 4.69) is 9.97 Å². The van der Waals surface area contributed by atoms with Gasteiger partial charge in [0.15, 0.2) is 0 Å². The molecule has 1 aliphatic heterocycles. The number of hydrogen-bond donors (Lipinski definition) is 1. The Bertz CT molecular complexity index is 592. The Morgan fingerprint density at radius 3 is 2.50 bits per heavy atom. The molecule has 0 amide bonds. The second-order valence-electron chi connectivity index (χ2n) is 4.02. The number of aromatic amines is 1. The first-order valence-electron chi connectivity index (χ1n) is 5.33. The highest BCUT2D eigenvalue weighted by atomic mass is 127. The predicted molar refractivity (Wildman–Crippen MR) is 76.2 cm³/mol. The number of anilines is 1. The lowest BCUT2D eigenvalue weighted by Gasteiger charge is -2.34. The summed E-state index contributed by atoms with van der Waals surface area (Å²) in [5.41, 5.74) is -0.175. The third-order valence-electron chi connectivity index (χ3n) is 2.79. The number of nitrogens with zero attached hydrogens (tertiary/aromatic N) is 3. The number of rotatable bonds is 2. The Labute approximate surface area is 118 Å².